The van der Waals surface area contributed by atoms with Crippen LogP contribution in [0.4, 0.5) is 13.2 Å². The molecule has 24 heavy (non-hydrogen) atoms. The van der Waals surface area contributed by atoms with Crippen LogP contribution in [0.15, 0.2) is 18.2 Å². The lowest BCUT2D eigenvalue weighted by molar-refractivity contribution is -0.137. The fourth-order valence-corrected chi connectivity index (χ4v) is 2.87. The monoisotopic (exact) mass is 384 g/mol. The number of amides is 1. The van der Waals surface area contributed by atoms with Gasteiger partial charge in [-0.15, -0.1) is 0 Å². The van der Waals surface area contributed by atoms with Crippen LogP contribution >= 0.6 is 11.6 Å². The number of carbonyl (C=O) groups excluding carboxylic acids is 1. The van der Waals surface area contributed by atoms with E-state index in [0.717, 1.165) is 18.2 Å². The van der Waals surface area contributed by atoms with E-state index < -0.39 is 39.4 Å². The summed E-state index contributed by atoms with van der Waals surface area (Å²) in [5.74, 6) is -0.410. The van der Waals surface area contributed by atoms with E-state index in [1.165, 1.54) is 7.05 Å². The van der Waals surface area contributed by atoms with Gasteiger partial charge in [-0.05, 0) is 44.5 Å². The largest absolute Gasteiger partial charge is 0.416 e. The van der Waals surface area contributed by atoms with Crippen LogP contribution in [0.5, 0.6) is 0 Å². The van der Waals surface area contributed by atoms with E-state index in [-0.39, 0.29) is 17.0 Å². The topological polar surface area (TPSA) is 58.2 Å². The van der Waals surface area contributed by atoms with Gasteiger partial charge in [0, 0.05) is 18.5 Å². The van der Waals surface area contributed by atoms with Crippen LogP contribution < -0.4 is 10.0 Å². The van der Waals surface area contributed by atoms with Crippen molar-refractivity contribution in [3.05, 3.63) is 34.3 Å². The molecule has 0 aliphatic rings. The fraction of sp³-hybridized carbons (Fsp3) is 0.533. The Hall–Kier alpha value is -1.12. The maximum Gasteiger partial charge on any atom is 0.416 e. The predicted molar refractivity (Wildman–Crippen MR) is 88.9 cm³/mol. The number of carbonyl (C=O) groups is 1. The Morgan fingerprint density at radius 2 is 1.88 bits per heavy atom. The summed E-state index contributed by atoms with van der Waals surface area (Å²) < 4.78 is 53.2. The lowest BCUT2D eigenvalue weighted by atomic mass is 10.0. The van der Waals surface area contributed by atoms with E-state index in [0.29, 0.717) is 0 Å². The molecule has 0 bridgehead atoms. The van der Waals surface area contributed by atoms with Crippen LogP contribution in [-0.4, -0.2) is 21.9 Å². The maximum absolute atomic E-state index is 12.9. The van der Waals surface area contributed by atoms with Crippen LogP contribution in [0.1, 0.15) is 44.4 Å². The third kappa shape index (κ3) is 5.75. The first-order valence-electron chi connectivity index (χ1n) is 7.11. The Balaban J connectivity index is 3.28. The van der Waals surface area contributed by atoms with Gasteiger partial charge in [-0.25, -0.2) is 8.93 Å². The third-order valence-corrected chi connectivity index (χ3v) is 5.13. The van der Waals surface area contributed by atoms with Gasteiger partial charge in [-0.3, -0.25) is 4.79 Å². The molecule has 1 aromatic rings. The summed E-state index contributed by atoms with van der Waals surface area (Å²) in [5.41, 5.74) is -0.806. The molecule has 0 spiro atoms. The van der Waals surface area contributed by atoms with Crippen molar-refractivity contribution in [3.8, 4) is 0 Å². The molecule has 9 heteroatoms. The van der Waals surface area contributed by atoms with Crippen molar-refractivity contribution in [2.24, 2.45) is 0 Å². The molecule has 1 rings (SSSR count). The van der Waals surface area contributed by atoms with E-state index in [1.807, 2.05) is 0 Å². The number of alkyl halides is 3. The van der Waals surface area contributed by atoms with Gasteiger partial charge < -0.3 is 5.32 Å². The van der Waals surface area contributed by atoms with Crippen LogP contribution in [0, 0.1) is 0 Å². The van der Waals surface area contributed by atoms with Crippen molar-refractivity contribution in [3.63, 3.8) is 0 Å². The van der Waals surface area contributed by atoms with Crippen molar-refractivity contribution >= 4 is 28.5 Å². The first-order chi connectivity index (χ1) is 10.9. The van der Waals surface area contributed by atoms with E-state index in [4.69, 9.17) is 11.6 Å². The van der Waals surface area contributed by atoms with Crippen LogP contribution in [-0.2, 0) is 22.0 Å². The van der Waals surface area contributed by atoms with Crippen molar-refractivity contribution in [1.82, 2.24) is 10.0 Å². The standard InChI is InChI=1S/C15H20ClF3N2O2S/c1-14(2,3)24(23)21-12(8-13(22)20-4)10-7-9(15(17,18)19)5-6-11(10)16/h5-7,12,21H,8H2,1-4H3,(H,20,22)/t12-,24+/m0/s1. The summed E-state index contributed by atoms with van der Waals surface area (Å²) in [6.45, 7) is 5.13. The van der Waals surface area contributed by atoms with Gasteiger partial charge in [0.05, 0.1) is 27.3 Å². The molecule has 0 saturated heterocycles. The first-order valence-corrected chi connectivity index (χ1v) is 8.64. The molecule has 0 aliphatic carbocycles. The number of benzene rings is 1. The smallest absolute Gasteiger partial charge is 0.359 e. The number of rotatable bonds is 5. The molecule has 0 radical (unpaired) electrons. The molecule has 0 aromatic heterocycles. The SMILES string of the molecule is CNC(=O)C[C@H](N[S@](=O)C(C)(C)C)c1cc(C(F)(F)F)ccc1Cl. The van der Waals surface area contributed by atoms with Crippen molar-refractivity contribution in [2.75, 3.05) is 7.05 Å². The van der Waals surface area contributed by atoms with Gasteiger partial charge in [-0.1, -0.05) is 11.6 Å². The summed E-state index contributed by atoms with van der Waals surface area (Å²) in [6, 6.07) is 1.95. The minimum absolute atomic E-state index is 0.0651. The molecule has 136 valence electrons. The fourth-order valence-electron chi connectivity index (χ4n) is 1.80. The zero-order valence-corrected chi connectivity index (χ0v) is 15.3. The Bertz CT molecular complexity index is 630. The van der Waals surface area contributed by atoms with Crippen LogP contribution in [0.3, 0.4) is 0 Å². The molecule has 1 amide bonds. The average molecular weight is 385 g/mol. The summed E-state index contributed by atoms with van der Waals surface area (Å²) >= 11 is 6.03. The highest BCUT2D eigenvalue weighted by atomic mass is 35.5. The Morgan fingerprint density at radius 3 is 2.33 bits per heavy atom. The summed E-state index contributed by atoms with van der Waals surface area (Å²) in [7, 11) is -0.182. The second-order valence-electron chi connectivity index (χ2n) is 6.16. The molecule has 2 atom stereocenters. The van der Waals surface area contributed by atoms with Gasteiger partial charge in [0.2, 0.25) is 5.91 Å². The van der Waals surface area contributed by atoms with Gasteiger partial charge >= 0.3 is 6.18 Å². The van der Waals surface area contributed by atoms with E-state index in [1.54, 1.807) is 20.8 Å². The Kier molecular flexibility index (Phi) is 6.84. The Morgan fingerprint density at radius 1 is 1.29 bits per heavy atom. The van der Waals surface area contributed by atoms with Gasteiger partial charge in [-0.2, -0.15) is 13.2 Å². The van der Waals surface area contributed by atoms with Crippen LogP contribution in [0.2, 0.25) is 5.02 Å². The minimum Gasteiger partial charge on any atom is -0.359 e. The molecule has 0 aliphatic heterocycles. The molecule has 0 unspecified atom stereocenters. The quantitative estimate of drug-likeness (QED) is 0.815. The lowest BCUT2D eigenvalue weighted by Crippen LogP contribution is -2.37. The molecular formula is C15H20ClF3N2O2S. The maximum atomic E-state index is 12.9. The Labute approximate surface area is 146 Å². The average Bonchev–Trinajstić information content (AvgIpc) is 2.44. The van der Waals surface area contributed by atoms with Gasteiger partial charge in [0.1, 0.15) is 0 Å². The molecule has 1 aromatic carbocycles. The zero-order chi connectivity index (χ0) is 18.7. The second-order valence-corrected chi connectivity index (χ2v) is 8.57. The third-order valence-electron chi connectivity index (χ3n) is 3.17. The molecule has 4 nitrogen and oxygen atoms in total. The summed E-state index contributed by atoms with van der Waals surface area (Å²) in [6.07, 6.45) is -4.74. The molecule has 2 N–H and O–H groups in total. The number of hydrogen-bond donors (Lipinski definition) is 2. The molecule has 0 fully saturated rings. The van der Waals surface area contributed by atoms with Gasteiger partial charge in [0.15, 0.2) is 0 Å². The van der Waals surface area contributed by atoms with Crippen molar-refractivity contribution in [1.29, 1.82) is 0 Å². The highest BCUT2D eigenvalue weighted by Crippen LogP contribution is 2.35. The summed E-state index contributed by atoms with van der Waals surface area (Å²) in [5, 5.41) is 2.46. The minimum atomic E-state index is -4.54. The number of nitrogens with one attached hydrogen (secondary N) is 2. The highest BCUT2D eigenvalue weighted by molar-refractivity contribution is 7.84. The molecule has 0 saturated carbocycles. The molecule has 0 heterocycles. The number of hydrogen-bond acceptors (Lipinski definition) is 2. The van der Waals surface area contributed by atoms with Crippen molar-refractivity contribution in [2.45, 2.75) is 44.2 Å². The zero-order valence-electron chi connectivity index (χ0n) is 13.8. The van der Waals surface area contributed by atoms with E-state index >= 15 is 0 Å². The lowest BCUT2D eigenvalue weighted by Gasteiger charge is -2.25. The highest BCUT2D eigenvalue weighted by Gasteiger charge is 2.33. The van der Waals surface area contributed by atoms with Crippen LogP contribution in [0.25, 0.3) is 0 Å². The van der Waals surface area contributed by atoms with E-state index in [2.05, 4.69) is 10.0 Å². The number of halogens is 4. The summed E-state index contributed by atoms with van der Waals surface area (Å²) in [4.78, 5) is 11.7. The first kappa shape index (κ1) is 20.9. The second kappa shape index (κ2) is 7.84. The normalized spacial score (nSPS) is 15.0. The predicted octanol–water partition coefficient (Wildman–Crippen LogP) is 3.59. The van der Waals surface area contributed by atoms with E-state index in [9.17, 15) is 22.2 Å². The molecular weight excluding hydrogens is 365 g/mol. The van der Waals surface area contributed by atoms with Crippen molar-refractivity contribution < 1.29 is 22.2 Å². The van der Waals surface area contributed by atoms with Gasteiger partial charge in [0.25, 0.3) is 0 Å².